The summed E-state index contributed by atoms with van der Waals surface area (Å²) in [4.78, 5) is 0. The second-order valence-electron chi connectivity index (χ2n) is 5.75. The molecule has 4 aromatic rings. The molecule has 0 saturated heterocycles. The molecule has 0 bridgehead atoms. The van der Waals surface area contributed by atoms with Crippen molar-refractivity contribution < 1.29 is 0 Å². The zero-order valence-electron chi connectivity index (χ0n) is 12.9. The van der Waals surface area contributed by atoms with Gasteiger partial charge in [0, 0.05) is 0 Å². The Morgan fingerprint density at radius 3 is 2.26 bits per heavy atom. The molecule has 0 aromatic heterocycles. The first kappa shape index (κ1) is 13.8. The summed E-state index contributed by atoms with van der Waals surface area (Å²) < 4.78 is 0. The first-order valence-corrected chi connectivity index (χ1v) is 7.93. The highest BCUT2D eigenvalue weighted by molar-refractivity contribution is 5.97. The van der Waals surface area contributed by atoms with E-state index < -0.39 is 0 Å². The fraction of sp³-hybridized carbons (Fsp3) is 0.0435. The van der Waals surface area contributed by atoms with Gasteiger partial charge in [0.25, 0.3) is 0 Å². The van der Waals surface area contributed by atoms with E-state index in [1.165, 1.54) is 33.0 Å². The minimum atomic E-state index is 0.903. The highest BCUT2D eigenvalue weighted by Crippen LogP contribution is 2.31. The van der Waals surface area contributed by atoms with Gasteiger partial charge >= 0.3 is 0 Å². The van der Waals surface area contributed by atoms with E-state index >= 15 is 0 Å². The molecular weight excluding hydrogens is 276 g/mol. The molecule has 0 saturated carbocycles. The van der Waals surface area contributed by atoms with Crippen molar-refractivity contribution in [1.82, 2.24) is 0 Å². The molecule has 4 aromatic carbocycles. The predicted molar refractivity (Wildman–Crippen MR) is 97.5 cm³/mol. The Morgan fingerprint density at radius 2 is 1.35 bits per heavy atom. The van der Waals surface area contributed by atoms with Gasteiger partial charge < -0.3 is 0 Å². The lowest BCUT2D eigenvalue weighted by molar-refractivity contribution is 1.19. The Balaban J connectivity index is 1.86. The van der Waals surface area contributed by atoms with E-state index in [0.717, 1.165) is 6.42 Å². The smallest absolute Gasteiger partial charge is 0.00134 e. The van der Waals surface area contributed by atoms with E-state index in [1.54, 1.807) is 0 Å². The highest BCUT2D eigenvalue weighted by atomic mass is 14.1. The van der Waals surface area contributed by atoms with Crippen molar-refractivity contribution in [3.63, 3.8) is 0 Å². The SMILES string of the molecule is [c]1cccc(-c2cccc3ccccc23)c1Cc1ccccc1. The van der Waals surface area contributed by atoms with Gasteiger partial charge in [-0.05, 0) is 45.5 Å². The number of hydrogen-bond acceptors (Lipinski definition) is 0. The third-order valence-electron chi connectivity index (χ3n) is 4.25. The van der Waals surface area contributed by atoms with Crippen LogP contribution in [0.5, 0.6) is 0 Å². The molecule has 109 valence electrons. The minimum absolute atomic E-state index is 0.903. The van der Waals surface area contributed by atoms with Gasteiger partial charge in [-0.1, -0.05) is 91.0 Å². The lowest BCUT2D eigenvalue weighted by Crippen LogP contribution is -1.93. The van der Waals surface area contributed by atoms with Gasteiger partial charge in [-0.15, -0.1) is 0 Å². The standard InChI is InChI=1S/C23H17/c1-2-9-18(10-3-1)17-20-12-5-7-15-22(20)23-16-8-13-19-11-4-6-14-21(19)23/h1-11,13-16H,17H2. The second-order valence-corrected chi connectivity index (χ2v) is 5.75. The van der Waals surface area contributed by atoms with Crippen LogP contribution >= 0.6 is 0 Å². The van der Waals surface area contributed by atoms with Gasteiger partial charge in [-0.3, -0.25) is 0 Å². The van der Waals surface area contributed by atoms with Crippen molar-refractivity contribution in [2.75, 3.05) is 0 Å². The summed E-state index contributed by atoms with van der Waals surface area (Å²) in [5, 5.41) is 2.57. The summed E-state index contributed by atoms with van der Waals surface area (Å²) in [6.07, 6.45) is 0.903. The molecule has 0 nitrogen and oxygen atoms in total. The number of rotatable bonds is 3. The molecule has 0 aliphatic carbocycles. The van der Waals surface area contributed by atoms with Crippen molar-refractivity contribution in [2.45, 2.75) is 6.42 Å². The van der Waals surface area contributed by atoms with Crippen LogP contribution in [0.2, 0.25) is 0 Å². The Hall–Kier alpha value is -2.86. The maximum atomic E-state index is 3.45. The van der Waals surface area contributed by atoms with E-state index in [-0.39, 0.29) is 0 Å². The zero-order chi connectivity index (χ0) is 15.5. The normalized spacial score (nSPS) is 10.8. The van der Waals surface area contributed by atoms with Crippen LogP contribution in [0.4, 0.5) is 0 Å². The van der Waals surface area contributed by atoms with Crippen LogP contribution in [0.15, 0.2) is 91.0 Å². The first-order chi connectivity index (χ1) is 11.4. The average Bonchev–Trinajstić information content (AvgIpc) is 2.63. The third kappa shape index (κ3) is 2.76. The fourth-order valence-corrected chi connectivity index (χ4v) is 3.13. The molecule has 0 aliphatic heterocycles. The third-order valence-corrected chi connectivity index (χ3v) is 4.25. The van der Waals surface area contributed by atoms with Crippen LogP contribution in [0, 0.1) is 6.07 Å². The van der Waals surface area contributed by atoms with Crippen molar-refractivity contribution in [2.24, 2.45) is 0 Å². The molecule has 0 spiro atoms. The molecule has 1 radical (unpaired) electrons. The molecule has 0 amide bonds. The summed E-state index contributed by atoms with van der Waals surface area (Å²) in [5.41, 5.74) is 5.12. The van der Waals surface area contributed by atoms with E-state index in [9.17, 15) is 0 Å². The van der Waals surface area contributed by atoms with Crippen molar-refractivity contribution in [3.05, 3.63) is 108 Å². The molecular formula is C23H17. The van der Waals surface area contributed by atoms with E-state index in [0.29, 0.717) is 0 Å². The molecule has 0 unspecified atom stereocenters. The fourth-order valence-electron chi connectivity index (χ4n) is 3.13. The molecule has 4 rings (SSSR count). The zero-order valence-corrected chi connectivity index (χ0v) is 12.9. The van der Waals surface area contributed by atoms with E-state index in [2.05, 4.69) is 91.0 Å². The number of benzene rings is 4. The number of hydrogen-bond donors (Lipinski definition) is 0. The molecule has 0 atom stereocenters. The van der Waals surface area contributed by atoms with Crippen LogP contribution in [-0.2, 0) is 6.42 Å². The largest absolute Gasteiger partial charge is 0.0622 e. The van der Waals surface area contributed by atoms with Crippen LogP contribution in [-0.4, -0.2) is 0 Å². The minimum Gasteiger partial charge on any atom is -0.0622 e. The van der Waals surface area contributed by atoms with Gasteiger partial charge in [-0.2, -0.15) is 0 Å². The Labute approximate surface area is 137 Å². The van der Waals surface area contributed by atoms with Crippen LogP contribution in [0.25, 0.3) is 21.9 Å². The molecule has 0 fully saturated rings. The summed E-state index contributed by atoms with van der Waals surface area (Å²) >= 11 is 0. The van der Waals surface area contributed by atoms with Gasteiger partial charge in [0.15, 0.2) is 0 Å². The maximum absolute atomic E-state index is 3.45. The van der Waals surface area contributed by atoms with Crippen LogP contribution in [0.1, 0.15) is 11.1 Å². The summed E-state index contributed by atoms with van der Waals surface area (Å²) in [5.74, 6) is 0. The van der Waals surface area contributed by atoms with Crippen molar-refractivity contribution in [1.29, 1.82) is 0 Å². The lowest BCUT2D eigenvalue weighted by Gasteiger charge is -2.12. The summed E-state index contributed by atoms with van der Waals surface area (Å²) in [7, 11) is 0. The van der Waals surface area contributed by atoms with Gasteiger partial charge in [-0.25, -0.2) is 0 Å². The van der Waals surface area contributed by atoms with Gasteiger partial charge in [0.2, 0.25) is 0 Å². The molecule has 0 heterocycles. The summed E-state index contributed by atoms with van der Waals surface area (Å²) in [6, 6.07) is 35.4. The van der Waals surface area contributed by atoms with E-state index in [1.807, 2.05) is 6.07 Å². The highest BCUT2D eigenvalue weighted by Gasteiger charge is 2.08. The average molecular weight is 293 g/mol. The van der Waals surface area contributed by atoms with Gasteiger partial charge in [0.05, 0.1) is 0 Å². The van der Waals surface area contributed by atoms with Gasteiger partial charge in [0.1, 0.15) is 0 Å². The first-order valence-electron chi connectivity index (χ1n) is 7.93. The Kier molecular flexibility index (Phi) is 3.65. The maximum Gasteiger partial charge on any atom is -0.00134 e. The van der Waals surface area contributed by atoms with Crippen molar-refractivity contribution in [3.8, 4) is 11.1 Å². The molecule has 0 aliphatic rings. The van der Waals surface area contributed by atoms with Crippen LogP contribution in [0.3, 0.4) is 0 Å². The quantitative estimate of drug-likeness (QED) is 0.441. The van der Waals surface area contributed by atoms with Crippen LogP contribution < -0.4 is 0 Å². The molecule has 0 N–H and O–H groups in total. The summed E-state index contributed by atoms with van der Waals surface area (Å²) in [6.45, 7) is 0. The Bertz CT molecular complexity index is 931. The van der Waals surface area contributed by atoms with E-state index in [4.69, 9.17) is 0 Å². The van der Waals surface area contributed by atoms with Crippen molar-refractivity contribution >= 4 is 10.8 Å². The molecule has 23 heavy (non-hydrogen) atoms. The second kappa shape index (κ2) is 6.10. The number of fused-ring (bicyclic) bond motifs is 1. The topological polar surface area (TPSA) is 0 Å². The lowest BCUT2D eigenvalue weighted by atomic mass is 9.92. The predicted octanol–water partition coefficient (Wildman–Crippen LogP) is 5.90. The molecule has 0 heteroatoms. The monoisotopic (exact) mass is 293 g/mol. The Morgan fingerprint density at radius 1 is 0.609 bits per heavy atom.